The van der Waals surface area contributed by atoms with Crippen LogP contribution in [0.2, 0.25) is 0 Å². The Bertz CT molecular complexity index is 731. The minimum Gasteiger partial charge on any atom is -0.373 e. The number of ether oxygens (including phenoxy) is 1. The van der Waals surface area contributed by atoms with Crippen LogP contribution in [0.4, 0.5) is 0 Å². The first-order valence-electron chi connectivity index (χ1n) is 10.8. The van der Waals surface area contributed by atoms with Crippen molar-refractivity contribution >= 4 is 0 Å². The molecule has 0 bridgehead atoms. The van der Waals surface area contributed by atoms with E-state index in [0.29, 0.717) is 19.1 Å². The molecule has 0 unspecified atom stereocenters. The molecule has 1 aliphatic carbocycles. The monoisotopic (exact) mass is 374 g/mol. The Hall–Kier alpha value is -2.12. The molecule has 0 aromatic heterocycles. The number of hydrogen-bond acceptors (Lipinski definition) is 1. The fourth-order valence-corrected chi connectivity index (χ4v) is 4.22. The summed E-state index contributed by atoms with van der Waals surface area (Å²) >= 11 is 0. The molecule has 1 saturated carbocycles. The van der Waals surface area contributed by atoms with Gasteiger partial charge in [-0.05, 0) is 72.6 Å². The van der Waals surface area contributed by atoms with E-state index in [-0.39, 0.29) is 0 Å². The van der Waals surface area contributed by atoms with Crippen molar-refractivity contribution in [2.75, 3.05) is 6.61 Å². The van der Waals surface area contributed by atoms with Crippen LogP contribution in [0.15, 0.2) is 73.3 Å². The number of allylic oxidation sites excluding steroid dienone is 2. The van der Waals surface area contributed by atoms with Gasteiger partial charge in [0.1, 0.15) is 0 Å². The SMILES string of the molecule is C=CCc1ccc([C@H]2CC[C@H](c3ccc(COCC=CCC)cc3)CC2)cc1. The minimum atomic E-state index is 0.697. The third kappa shape index (κ3) is 5.94. The first-order valence-corrected chi connectivity index (χ1v) is 10.8. The van der Waals surface area contributed by atoms with Crippen molar-refractivity contribution in [3.8, 4) is 0 Å². The Morgan fingerprint density at radius 3 is 1.86 bits per heavy atom. The summed E-state index contributed by atoms with van der Waals surface area (Å²) < 4.78 is 5.70. The van der Waals surface area contributed by atoms with E-state index < -0.39 is 0 Å². The zero-order valence-corrected chi connectivity index (χ0v) is 17.3. The first-order chi connectivity index (χ1) is 13.8. The van der Waals surface area contributed by atoms with Gasteiger partial charge in [-0.1, -0.05) is 73.7 Å². The maximum atomic E-state index is 5.70. The summed E-state index contributed by atoms with van der Waals surface area (Å²) in [6.07, 6.45) is 13.4. The van der Waals surface area contributed by atoms with Crippen molar-refractivity contribution in [3.05, 3.63) is 95.6 Å². The van der Waals surface area contributed by atoms with Crippen molar-refractivity contribution < 1.29 is 4.74 Å². The Kier molecular flexibility index (Phi) is 8.11. The summed E-state index contributed by atoms with van der Waals surface area (Å²) in [5.74, 6) is 1.43. The molecule has 0 N–H and O–H groups in total. The second-order valence-electron chi connectivity index (χ2n) is 7.92. The topological polar surface area (TPSA) is 9.23 Å². The summed E-state index contributed by atoms with van der Waals surface area (Å²) in [6.45, 7) is 7.37. The van der Waals surface area contributed by atoms with E-state index in [1.807, 2.05) is 6.08 Å². The molecule has 0 saturated heterocycles. The first kappa shape index (κ1) is 20.6. The molecule has 0 atom stereocenters. The predicted octanol–water partition coefficient (Wildman–Crippen LogP) is 7.34. The van der Waals surface area contributed by atoms with Crippen molar-refractivity contribution in [1.29, 1.82) is 0 Å². The molecule has 148 valence electrons. The van der Waals surface area contributed by atoms with Crippen molar-refractivity contribution in [2.24, 2.45) is 0 Å². The Morgan fingerprint density at radius 2 is 1.36 bits per heavy atom. The number of rotatable bonds is 9. The van der Waals surface area contributed by atoms with Gasteiger partial charge in [0.05, 0.1) is 13.2 Å². The Balaban J connectivity index is 1.47. The van der Waals surface area contributed by atoms with Crippen LogP contribution < -0.4 is 0 Å². The van der Waals surface area contributed by atoms with E-state index in [4.69, 9.17) is 4.74 Å². The summed E-state index contributed by atoms with van der Waals surface area (Å²) in [5, 5.41) is 0. The van der Waals surface area contributed by atoms with Crippen LogP contribution in [-0.4, -0.2) is 6.61 Å². The molecule has 1 aliphatic rings. The van der Waals surface area contributed by atoms with Gasteiger partial charge in [0.25, 0.3) is 0 Å². The van der Waals surface area contributed by atoms with Crippen molar-refractivity contribution in [3.63, 3.8) is 0 Å². The summed E-state index contributed by atoms with van der Waals surface area (Å²) in [5.41, 5.74) is 5.63. The zero-order valence-electron chi connectivity index (χ0n) is 17.3. The lowest BCUT2D eigenvalue weighted by atomic mass is 9.76. The molecule has 0 spiro atoms. The highest BCUT2D eigenvalue weighted by molar-refractivity contribution is 5.29. The number of hydrogen-bond donors (Lipinski definition) is 0. The van der Waals surface area contributed by atoms with E-state index in [1.165, 1.54) is 47.9 Å². The molecule has 2 aromatic carbocycles. The van der Waals surface area contributed by atoms with Crippen molar-refractivity contribution in [1.82, 2.24) is 0 Å². The fourth-order valence-electron chi connectivity index (χ4n) is 4.22. The van der Waals surface area contributed by atoms with Gasteiger partial charge in [-0.2, -0.15) is 0 Å². The lowest BCUT2D eigenvalue weighted by Crippen LogP contribution is -2.12. The molecular formula is C27H34O. The van der Waals surface area contributed by atoms with Gasteiger partial charge in [-0.15, -0.1) is 6.58 Å². The number of benzene rings is 2. The highest BCUT2D eigenvalue weighted by Gasteiger charge is 2.23. The quantitative estimate of drug-likeness (QED) is 0.329. The summed E-state index contributed by atoms with van der Waals surface area (Å²) in [7, 11) is 0. The lowest BCUT2D eigenvalue weighted by Gasteiger charge is -2.29. The van der Waals surface area contributed by atoms with E-state index in [0.717, 1.165) is 18.8 Å². The average Bonchev–Trinajstić information content (AvgIpc) is 2.75. The van der Waals surface area contributed by atoms with Crippen LogP contribution in [-0.2, 0) is 17.8 Å². The Labute approximate surface area is 171 Å². The summed E-state index contributed by atoms with van der Waals surface area (Å²) in [4.78, 5) is 0. The fraction of sp³-hybridized carbons (Fsp3) is 0.407. The molecule has 0 aliphatic heterocycles. The molecule has 1 fully saturated rings. The van der Waals surface area contributed by atoms with Crippen LogP contribution in [0.5, 0.6) is 0 Å². The molecule has 2 aromatic rings. The highest BCUT2D eigenvalue weighted by Crippen LogP contribution is 2.40. The van der Waals surface area contributed by atoms with E-state index in [9.17, 15) is 0 Å². The third-order valence-electron chi connectivity index (χ3n) is 5.89. The molecule has 1 nitrogen and oxygen atoms in total. The van der Waals surface area contributed by atoms with E-state index in [1.54, 1.807) is 0 Å². The van der Waals surface area contributed by atoms with Gasteiger partial charge in [-0.25, -0.2) is 0 Å². The smallest absolute Gasteiger partial charge is 0.0721 e. The van der Waals surface area contributed by atoms with Crippen LogP contribution >= 0.6 is 0 Å². The maximum absolute atomic E-state index is 5.70. The Morgan fingerprint density at radius 1 is 0.821 bits per heavy atom. The van der Waals surface area contributed by atoms with Gasteiger partial charge in [0, 0.05) is 0 Å². The lowest BCUT2D eigenvalue weighted by molar-refractivity contribution is 0.148. The average molecular weight is 375 g/mol. The third-order valence-corrected chi connectivity index (χ3v) is 5.89. The molecule has 0 heterocycles. The van der Waals surface area contributed by atoms with Crippen LogP contribution in [0.25, 0.3) is 0 Å². The maximum Gasteiger partial charge on any atom is 0.0721 e. The van der Waals surface area contributed by atoms with Gasteiger partial charge >= 0.3 is 0 Å². The highest BCUT2D eigenvalue weighted by atomic mass is 16.5. The van der Waals surface area contributed by atoms with Crippen LogP contribution in [0.1, 0.15) is 73.1 Å². The largest absolute Gasteiger partial charge is 0.373 e. The second-order valence-corrected chi connectivity index (χ2v) is 7.92. The molecule has 3 rings (SSSR count). The van der Waals surface area contributed by atoms with Gasteiger partial charge in [0.2, 0.25) is 0 Å². The minimum absolute atomic E-state index is 0.697. The van der Waals surface area contributed by atoms with Crippen LogP contribution in [0, 0.1) is 0 Å². The second kappa shape index (κ2) is 11.0. The molecule has 0 amide bonds. The van der Waals surface area contributed by atoms with Gasteiger partial charge in [-0.3, -0.25) is 0 Å². The van der Waals surface area contributed by atoms with Crippen molar-refractivity contribution in [2.45, 2.75) is 63.9 Å². The van der Waals surface area contributed by atoms with Gasteiger partial charge < -0.3 is 4.74 Å². The molecule has 1 heteroatoms. The van der Waals surface area contributed by atoms with Gasteiger partial charge in [0.15, 0.2) is 0 Å². The zero-order chi connectivity index (χ0) is 19.6. The molecule has 0 radical (unpaired) electrons. The molecule has 28 heavy (non-hydrogen) atoms. The van der Waals surface area contributed by atoms with E-state index in [2.05, 4.69) is 74.2 Å². The van der Waals surface area contributed by atoms with Crippen LogP contribution in [0.3, 0.4) is 0 Å². The normalized spacial score (nSPS) is 19.8. The van der Waals surface area contributed by atoms with E-state index >= 15 is 0 Å². The summed E-state index contributed by atoms with van der Waals surface area (Å²) in [6, 6.07) is 18.3. The molecular weight excluding hydrogens is 340 g/mol. The standard InChI is InChI=1S/C27H34O/c1-3-5-6-20-28-21-23-10-14-25(15-11-23)27-18-16-26(17-19-27)24-12-8-22(7-4-2)9-13-24/h4-6,8-15,26-27H,2-3,7,16-21H2,1H3/t26-,27-. The predicted molar refractivity (Wildman–Crippen MR) is 120 cm³/mol.